The van der Waals surface area contributed by atoms with E-state index in [-0.39, 0.29) is 6.04 Å². The summed E-state index contributed by atoms with van der Waals surface area (Å²) in [6.07, 6.45) is 1.57. The van der Waals surface area contributed by atoms with Crippen molar-refractivity contribution in [3.63, 3.8) is 0 Å². The van der Waals surface area contributed by atoms with Crippen LogP contribution in [0.1, 0.15) is 12.0 Å². The highest BCUT2D eigenvalue weighted by molar-refractivity contribution is 6.42. The summed E-state index contributed by atoms with van der Waals surface area (Å²) >= 11 is 11.9. The Morgan fingerprint density at radius 3 is 2.48 bits per heavy atom. The first-order valence-corrected chi connectivity index (χ1v) is 7.52. The molecule has 2 rings (SSSR count). The molecule has 2 aromatic rings. The molecule has 0 amide bonds. The molecule has 21 heavy (non-hydrogen) atoms. The van der Waals surface area contributed by atoms with Crippen molar-refractivity contribution in [1.82, 2.24) is 5.43 Å². The van der Waals surface area contributed by atoms with Crippen LogP contribution in [0.15, 0.2) is 48.5 Å². The first-order valence-electron chi connectivity index (χ1n) is 6.77. The van der Waals surface area contributed by atoms with E-state index in [0.29, 0.717) is 16.7 Å². The molecule has 0 saturated heterocycles. The molecule has 0 aromatic heterocycles. The minimum atomic E-state index is 0.117. The van der Waals surface area contributed by atoms with Gasteiger partial charge in [-0.15, -0.1) is 0 Å². The van der Waals surface area contributed by atoms with Gasteiger partial charge in [0.1, 0.15) is 5.75 Å². The molecule has 3 N–H and O–H groups in total. The van der Waals surface area contributed by atoms with Gasteiger partial charge in [0.15, 0.2) is 0 Å². The molecule has 1 unspecified atom stereocenters. The van der Waals surface area contributed by atoms with E-state index in [2.05, 4.69) is 5.43 Å². The largest absolute Gasteiger partial charge is 0.494 e. The molecule has 0 aliphatic heterocycles. The van der Waals surface area contributed by atoms with Gasteiger partial charge in [0.25, 0.3) is 0 Å². The normalized spacial score (nSPS) is 12.1. The predicted molar refractivity (Wildman–Crippen MR) is 87.8 cm³/mol. The third-order valence-corrected chi connectivity index (χ3v) is 3.92. The summed E-state index contributed by atoms with van der Waals surface area (Å²) in [5, 5.41) is 1.12. The topological polar surface area (TPSA) is 47.3 Å². The van der Waals surface area contributed by atoms with Crippen molar-refractivity contribution in [3.05, 3.63) is 64.1 Å². The van der Waals surface area contributed by atoms with E-state index in [0.717, 1.165) is 24.2 Å². The summed E-state index contributed by atoms with van der Waals surface area (Å²) in [7, 11) is 0. The van der Waals surface area contributed by atoms with E-state index in [9.17, 15) is 0 Å². The number of hydrogen-bond donors (Lipinski definition) is 2. The molecule has 3 nitrogen and oxygen atoms in total. The number of rotatable bonds is 7. The Morgan fingerprint density at radius 2 is 1.81 bits per heavy atom. The highest BCUT2D eigenvalue weighted by Gasteiger charge is 2.09. The molecule has 0 aliphatic rings. The first kappa shape index (κ1) is 16.1. The van der Waals surface area contributed by atoms with Crippen molar-refractivity contribution in [2.75, 3.05) is 6.61 Å². The maximum absolute atomic E-state index is 6.02. The Kier molecular flexibility index (Phi) is 6.33. The lowest BCUT2D eigenvalue weighted by molar-refractivity contribution is 0.285. The zero-order chi connectivity index (χ0) is 15.1. The summed E-state index contributed by atoms with van der Waals surface area (Å²) in [5.74, 6) is 6.47. The van der Waals surface area contributed by atoms with Crippen molar-refractivity contribution in [2.24, 2.45) is 5.84 Å². The number of halogens is 2. The molecule has 1 atom stereocenters. The molecule has 112 valence electrons. The summed E-state index contributed by atoms with van der Waals surface area (Å²) in [5.41, 5.74) is 3.90. The Bertz CT molecular complexity index is 563. The average Bonchev–Trinajstić information content (AvgIpc) is 2.51. The second kappa shape index (κ2) is 8.25. The van der Waals surface area contributed by atoms with Crippen LogP contribution >= 0.6 is 23.2 Å². The smallest absolute Gasteiger partial charge is 0.119 e. The van der Waals surface area contributed by atoms with Gasteiger partial charge in [0, 0.05) is 6.04 Å². The lowest BCUT2D eigenvalue weighted by Gasteiger charge is -2.16. The monoisotopic (exact) mass is 324 g/mol. The standard InChI is InChI=1S/C16H18Cl2N2O/c17-15-7-6-12(11-16(15)18)10-13(20-19)8-9-21-14-4-2-1-3-5-14/h1-7,11,13,20H,8-10,19H2. The number of nitrogens with two attached hydrogens (primary N) is 1. The highest BCUT2D eigenvalue weighted by Crippen LogP contribution is 2.23. The van der Waals surface area contributed by atoms with Gasteiger partial charge >= 0.3 is 0 Å². The van der Waals surface area contributed by atoms with Gasteiger partial charge < -0.3 is 4.74 Å². The minimum Gasteiger partial charge on any atom is -0.494 e. The van der Waals surface area contributed by atoms with Crippen LogP contribution in [0, 0.1) is 0 Å². The van der Waals surface area contributed by atoms with Crippen molar-refractivity contribution in [2.45, 2.75) is 18.9 Å². The molecular weight excluding hydrogens is 307 g/mol. The van der Waals surface area contributed by atoms with Gasteiger partial charge in [0.05, 0.1) is 16.7 Å². The second-order valence-corrected chi connectivity index (χ2v) is 5.58. The van der Waals surface area contributed by atoms with Crippen LogP contribution in [0.3, 0.4) is 0 Å². The van der Waals surface area contributed by atoms with Gasteiger partial charge in [-0.05, 0) is 42.7 Å². The van der Waals surface area contributed by atoms with E-state index in [1.807, 2.05) is 42.5 Å². The van der Waals surface area contributed by atoms with Gasteiger partial charge in [0.2, 0.25) is 0 Å². The third kappa shape index (κ3) is 5.21. The molecule has 5 heteroatoms. The number of hydrogen-bond acceptors (Lipinski definition) is 3. The number of para-hydroxylation sites is 1. The molecule has 0 radical (unpaired) electrons. The molecule has 0 spiro atoms. The van der Waals surface area contributed by atoms with Crippen LogP contribution in [-0.4, -0.2) is 12.6 Å². The van der Waals surface area contributed by atoms with Crippen LogP contribution < -0.4 is 16.0 Å². The Balaban J connectivity index is 1.84. The van der Waals surface area contributed by atoms with Crippen LogP contribution in [0.5, 0.6) is 5.75 Å². The zero-order valence-corrected chi connectivity index (χ0v) is 13.1. The number of nitrogens with one attached hydrogen (secondary N) is 1. The third-order valence-electron chi connectivity index (χ3n) is 3.18. The summed E-state index contributed by atoms with van der Waals surface area (Å²) in [6, 6.07) is 15.5. The van der Waals surface area contributed by atoms with Crippen molar-refractivity contribution in [1.29, 1.82) is 0 Å². The Morgan fingerprint density at radius 1 is 1.05 bits per heavy atom. The summed E-state index contributed by atoms with van der Waals surface area (Å²) in [4.78, 5) is 0. The SMILES string of the molecule is NNC(CCOc1ccccc1)Cc1ccc(Cl)c(Cl)c1. The van der Waals surface area contributed by atoms with E-state index in [1.54, 1.807) is 6.07 Å². The van der Waals surface area contributed by atoms with E-state index in [1.165, 1.54) is 0 Å². The highest BCUT2D eigenvalue weighted by atomic mass is 35.5. The van der Waals surface area contributed by atoms with Gasteiger partial charge in [-0.25, -0.2) is 0 Å². The van der Waals surface area contributed by atoms with Gasteiger partial charge in [-0.2, -0.15) is 0 Å². The average molecular weight is 325 g/mol. The number of benzene rings is 2. The van der Waals surface area contributed by atoms with Crippen LogP contribution in [0.4, 0.5) is 0 Å². The van der Waals surface area contributed by atoms with E-state index < -0.39 is 0 Å². The minimum absolute atomic E-state index is 0.117. The molecule has 0 heterocycles. The lowest BCUT2D eigenvalue weighted by atomic mass is 10.0. The van der Waals surface area contributed by atoms with E-state index >= 15 is 0 Å². The van der Waals surface area contributed by atoms with Crippen LogP contribution in [-0.2, 0) is 6.42 Å². The van der Waals surface area contributed by atoms with Crippen LogP contribution in [0.25, 0.3) is 0 Å². The molecule has 0 saturated carbocycles. The van der Waals surface area contributed by atoms with Gasteiger partial charge in [-0.1, -0.05) is 47.5 Å². The maximum Gasteiger partial charge on any atom is 0.119 e. The Hall–Kier alpha value is -1.26. The predicted octanol–water partition coefficient (Wildman–Crippen LogP) is 3.84. The van der Waals surface area contributed by atoms with Crippen LogP contribution in [0.2, 0.25) is 10.0 Å². The fraction of sp³-hybridized carbons (Fsp3) is 0.250. The lowest BCUT2D eigenvalue weighted by Crippen LogP contribution is -2.37. The molecule has 0 aliphatic carbocycles. The second-order valence-electron chi connectivity index (χ2n) is 4.77. The molecule has 0 bridgehead atoms. The first-order chi connectivity index (χ1) is 10.2. The van der Waals surface area contributed by atoms with Crippen molar-refractivity contribution >= 4 is 23.2 Å². The van der Waals surface area contributed by atoms with Gasteiger partial charge in [-0.3, -0.25) is 11.3 Å². The van der Waals surface area contributed by atoms with Crippen molar-refractivity contribution < 1.29 is 4.74 Å². The molecular formula is C16H18Cl2N2O. The fourth-order valence-electron chi connectivity index (χ4n) is 2.03. The molecule has 2 aromatic carbocycles. The number of ether oxygens (including phenoxy) is 1. The summed E-state index contributed by atoms with van der Waals surface area (Å²) < 4.78 is 5.68. The Labute approximate surface area is 135 Å². The van der Waals surface area contributed by atoms with Crippen molar-refractivity contribution in [3.8, 4) is 5.75 Å². The summed E-state index contributed by atoms with van der Waals surface area (Å²) in [6.45, 7) is 0.597. The zero-order valence-electron chi connectivity index (χ0n) is 11.6. The quantitative estimate of drug-likeness (QED) is 0.601. The van der Waals surface area contributed by atoms with E-state index in [4.69, 9.17) is 33.8 Å². The fourth-order valence-corrected chi connectivity index (χ4v) is 2.35. The maximum atomic E-state index is 6.02. The number of hydrazine groups is 1. The molecule has 0 fully saturated rings.